The molecular weight excluding hydrogens is 829 g/mol. The number of thiol groups is 1. The number of amides is 5. The third kappa shape index (κ3) is 21.1. The summed E-state index contributed by atoms with van der Waals surface area (Å²) in [5.74, 6) is -2.94. The minimum atomic E-state index is -1.17. The molecule has 1 aromatic rings. The Labute approximate surface area is 370 Å². The van der Waals surface area contributed by atoms with E-state index < -0.39 is 53.8 Å². The second-order valence-corrected chi connectivity index (χ2v) is 16.3. The summed E-state index contributed by atoms with van der Waals surface area (Å²) in [4.78, 5) is 78.0. The first-order valence-electron chi connectivity index (χ1n) is 21.2. The first-order valence-corrected chi connectivity index (χ1v) is 23.2. The van der Waals surface area contributed by atoms with Crippen molar-refractivity contribution >= 4 is 59.9 Å². The minimum absolute atomic E-state index is 0.0408. The summed E-state index contributed by atoms with van der Waals surface area (Å²) in [5, 5.41) is 23.1. The summed E-state index contributed by atoms with van der Waals surface area (Å²) < 4.78 is 17.8. The number of carbonyl (C=O) groups excluding carboxylic acids is 5. The van der Waals surface area contributed by atoms with Crippen molar-refractivity contribution in [2.45, 2.75) is 110 Å². The quantitative estimate of drug-likeness (QED) is 0.0347. The molecule has 0 unspecified atom stereocenters. The molecule has 1 rings (SSSR count). The van der Waals surface area contributed by atoms with Crippen LogP contribution in [-0.4, -0.2) is 129 Å². The number of thioether (sulfide) groups is 1. The molecule has 0 heterocycles. The van der Waals surface area contributed by atoms with Gasteiger partial charge in [0.25, 0.3) is 5.91 Å². The molecule has 5 atom stereocenters. The summed E-state index contributed by atoms with van der Waals surface area (Å²) in [6, 6.07) is -1.07. The normalized spacial score (nSPS) is 13.5. The molecule has 61 heavy (non-hydrogen) atoms. The molecule has 0 saturated heterocycles. The summed E-state index contributed by atoms with van der Waals surface area (Å²) in [5.41, 5.74) is 17.3. The van der Waals surface area contributed by atoms with Gasteiger partial charge in [-0.1, -0.05) is 40.5 Å². The number of carboxylic acids is 1. The number of hydrogen-bond donors (Lipinski definition) is 10. The van der Waals surface area contributed by atoms with Crippen molar-refractivity contribution in [1.82, 2.24) is 26.6 Å². The maximum absolute atomic E-state index is 13.5. The molecule has 0 aliphatic rings. The lowest BCUT2D eigenvalue weighted by Gasteiger charge is -2.29. The van der Waals surface area contributed by atoms with Crippen LogP contribution in [0.4, 0.5) is 0 Å². The van der Waals surface area contributed by atoms with E-state index in [1.807, 2.05) is 13.2 Å². The van der Waals surface area contributed by atoms with Gasteiger partial charge in [0.1, 0.15) is 24.2 Å². The molecule has 18 nitrogen and oxygen atoms in total. The molecule has 12 N–H and O–H groups in total. The topological polar surface area (TPSA) is 289 Å². The van der Waals surface area contributed by atoms with Crippen LogP contribution in [0.3, 0.4) is 0 Å². The van der Waals surface area contributed by atoms with Crippen LogP contribution in [0.1, 0.15) is 95.8 Å². The zero-order valence-electron chi connectivity index (χ0n) is 36.6. The number of carboxylic acid groups (broad SMARTS) is 1. The molecule has 20 heteroatoms. The number of nitrogens with two attached hydrogens (primary N) is 3. The number of unbranched alkanes of at least 4 members (excludes halogenated alkanes) is 2. The number of ether oxygens (including phenoxy) is 3. The summed E-state index contributed by atoms with van der Waals surface area (Å²) in [6.07, 6.45) is 6.14. The lowest BCUT2D eigenvalue weighted by molar-refractivity contribution is -0.142. The third-order valence-corrected chi connectivity index (χ3v) is 10.6. The average molecular weight is 901 g/mol. The Morgan fingerprint density at radius 3 is 1.80 bits per heavy atom. The molecule has 1 aromatic carbocycles. The zero-order valence-corrected chi connectivity index (χ0v) is 38.3. The molecular formula is C41H72N8O10S2. The van der Waals surface area contributed by atoms with Gasteiger partial charge >= 0.3 is 5.97 Å². The van der Waals surface area contributed by atoms with Crippen LogP contribution >= 0.6 is 24.4 Å². The molecule has 5 amide bonds. The Hall–Kier alpha value is -3.98. The Bertz CT molecular complexity index is 1480. The van der Waals surface area contributed by atoms with E-state index in [-0.39, 0.29) is 36.3 Å². The number of nitrogens with one attached hydrogen (secondary N) is 5. The van der Waals surface area contributed by atoms with Gasteiger partial charge in [-0.3, -0.25) is 24.0 Å². The number of hydrogen-bond acceptors (Lipinski definition) is 14. The third-order valence-electron chi connectivity index (χ3n) is 9.56. The van der Waals surface area contributed by atoms with E-state index in [2.05, 4.69) is 39.2 Å². The van der Waals surface area contributed by atoms with E-state index in [1.165, 1.54) is 11.8 Å². The number of rotatable bonds is 34. The van der Waals surface area contributed by atoms with E-state index in [9.17, 15) is 33.9 Å². The molecule has 0 spiro atoms. The summed E-state index contributed by atoms with van der Waals surface area (Å²) >= 11 is 5.71. The van der Waals surface area contributed by atoms with Crippen molar-refractivity contribution in [1.29, 1.82) is 0 Å². The minimum Gasteiger partial charge on any atom is -0.489 e. The van der Waals surface area contributed by atoms with Crippen LogP contribution in [0.25, 0.3) is 0 Å². The summed E-state index contributed by atoms with van der Waals surface area (Å²) in [7, 11) is 0. The first-order chi connectivity index (χ1) is 29.2. The van der Waals surface area contributed by atoms with Crippen LogP contribution in [0.5, 0.6) is 17.2 Å². The fraction of sp³-hybridized carbons (Fsp3) is 0.707. The highest BCUT2D eigenvalue weighted by molar-refractivity contribution is 7.98. The van der Waals surface area contributed by atoms with Gasteiger partial charge in [-0.05, 0) is 94.1 Å². The monoisotopic (exact) mass is 900 g/mol. The zero-order chi connectivity index (χ0) is 45.7. The van der Waals surface area contributed by atoms with E-state index in [0.29, 0.717) is 120 Å². The van der Waals surface area contributed by atoms with Gasteiger partial charge in [0, 0.05) is 24.3 Å². The molecule has 0 saturated carbocycles. The highest BCUT2D eigenvalue weighted by Crippen LogP contribution is 2.39. The van der Waals surface area contributed by atoms with Crippen LogP contribution in [0, 0.1) is 11.8 Å². The molecule has 0 aromatic heterocycles. The van der Waals surface area contributed by atoms with Gasteiger partial charge in [-0.15, -0.1) is 0 Å². The number of aliphatic carboxylic acids is 1. The predicted molar refractivity (Wildman–Crippen MR) is 241 cm³/mol. The average Bonchev–Trinajstić information content (AvgIpc) is 3.23. The van der Waals surface area contributed by atoms with Gasteiger partial charge in [-0.2, -0.15) is 24.4 Å². The lowest BCUT2D eigenvalue weighted by Crippen LogP contribution is -2.60. The maximum atomic E-state index is 13.5. The second-order valence-electron chi connectivity index (χ2n) is 14.9. The van der Waals surface area contributed by atoms with E-state index >= 15 is 0 Å². The molecule has 0 aliphatic heterocycles. The molecule has 0 bridgehead atoms. The molecule has 0 fully saturated rings. The Kier molecular flexibility index (Phi) is 28.7. The van der Waals surface area contributed by atoms with Crippen molar-refractivity contribution in [3.63, 3.8) is 0 Å². The molecule has 348 valence electrons. The van der Waals surface area contributed by atoms with Crippen LogP contribution in [0.2, 0.25) is 0 Å². The van der Waals surface area contributed by atoms with Gasteiger partial charge in [0.15, 0.2) is 11.5 Å². The summed E-state index contributed by atoms with van der Waals surface area (Å²) in [6.45, 7) is 9.67. The largest absolute Gasteiger partial charge is 0.489 e. The second kappa shape index (κ2) is 31.8. The Balaban J connectivity index is 2.81. The first kappa shape index (κ1) is 55.0. The SMILES string of the molecule is CC[C@H](C)[C@H](NC(=O)[C@@H](NC(=O)[C@H](CS)NC(=O)CCCCCNC(=O)c1cc(OCCCN)c(OCCCN)c(OCCCN)c1)C(C)C)C(=O)N[C@@H](CCSC)C(=O)O. The van der Waals surface area contributed by atoms with E-state index in [4.69, 9.17) is 31.4 Å². The van der Waals surface area contributed by atoms with Crippen LogP contribution < -0.4 is 58.0 Å². The standard InChI is InChI=1S/C41H72N8O10S2/c1-6-27(4)35(40(54)47-29(41(55)56)14-22-61-5)49-39(53)34(26(2)3)48-38(52)30(25-60)46-33(50)13-8-7-9-18-45-37(51)28-23-31(57-19-10-15-42)36(59-21-12-17-44)32(24-28)58-20-11-16-43/h23-24,26-27,29-30,34-35,60H,6-22,25,42-44H2,1-5H3,(H,45,51)(H,46,50)(H,47,54)(H,48,52)(H,49,53)(H,55,56)/t27-,29-,30-,34-,35-/m0/s1. The Morgan fingerprint density at radius 2 is 1.30 bits per heavy atom. The van der Waals surface area contributed by atoms with E-state index in [1.54, 1.807) is 32.9 Å². The van der Waals surface area contributed by atoms with Gasteiger partial charge in [0.05, 0.1) is 19.8 Å². The van der Waals surface area contributed by atoms with Crippen molar-refractivity contribution in [3.8, 4) is 17.2 Å². The predicted octanol–water partition coefficient (Wildman–Crippen LogP) is 1.57. The van der Waals surface area contributed by atoms with Crippen LogP contribution in [-0.2, 0) is 24.0 Å². The van der Waals surface area contributed by atoms with Gasteiger partial charge in [0.2, 0.25) is 29.4 Å². The van der Waals surface area contributed by atoms with Crippen molar-refractivity contribution in [2.24, 2.45) is 29.0 Å². The highest BCUT2D eigenvalue weighted by atomic mass is 32.2. The van der Waals surface area contributed by atoms with Crippen LogP contribution in [0.15, 0.2) is 12.1 Å². The van der Waals surface area contributed by atoms with Crippen molar-refractivity contribution in [3.05, 3.63) is 17.7 Å². The van der Waals surface area contributed by atoms with Gasteiger partial charge in [-0.25, -0.2) is 4.79 Å². The Morgan fingerprint density at radius 1 is 0.738 bits per heavy atom. The molecule has 0 radical (unpaired) electrons. The number of carbonyl (C=O) groups is 6. The van der Waals surface area contributed by atoms with Gasteiger partial charge < -0.3 is 63.1 Å². The van der Waals surface area contributed by atoms with Crippen molar-refractivity contribution in [2.75, 3.05) is 63.8 Å². The molecule has 0 aliphatic carbocycles. The fourth-order valence-electron chi connectivity index (χ4n) is 5.69. The smallest absolute Gasteiger partial charge is 0.326 e. The lowest BCUT2D eigenvalue weighted by atomic mass is 9.96. The fourth-order valence-corrected chi connectivity index (χ4v) is 6.42. The van der Waals surface area contributed by atoms with E-state index in [0.717, 1.165) is 0 Å². The van der Waals surface area contributed by atoms with Crippen molar-refractivity contribution < 1.29 is 48.1 Å². The number of benzene rings is 1. The maximum Gasteiger partial charge on any atom is 0.326 e. The highest BCUT2D eigenvalue weighted by Gasteiger charge is 2.34.